The molecule has 2 N–H and O–H groups in total. The van der Waals surface area contributed by atoms with Crippen LogP contribution in [-0.2, 0) is 19.1 Å². The highest BCUT2D eigenvalue weighted by atomic mass is 35.5. The van der Waals surface area contributed by atoms with Crippen molar-refractivity contribution in [2.45, 2.75) is 26.7 Å². The molecule has 3 aromatic carbocycles. The number of ether oxygens (including phenoxy) is 2. The fourth-order valence-corrected chi connectivity index (χ4v) is 3.15. The smallest absolute Gasteiger partial charge is 0.306 e. The number of para-hydroxylation sites is 1. The summed E-state index contributed by atoms with van der Waals surface area (Å²) in [6.07, 6.45) is -0.223. The molecule has 0 fully saturated rings. The van der Waals surface area contributed by atoms with E-state index >= 15 is 0 Å². The second kappa shape index (κ2) is 11.9. The van der Waals surface area contributed by atoms with E-state index in [0.717, 1.165) is 16.9 Å². The van der Waals surface area contributed by atoms with Crippen molar-refractivity contribution in [2.75, 3.05) is 17.2 Å². The highest BCUT2D eigenvalue weighted by molar-refractivity contribution is 6.31. The number of rotatable bonds is 9. The molecule has 3 aromatic rings. The minimum absolute atomic E-state index is 0.0741. The standard InChI is InChI=1S/C26H25ClN2O5/c1-17-7-8-19(27)15-22(17)29-25(31)16-33-26(32)14-13-24(30)28-20-9-11-21(12-10-20)34-23-6-4-3-5-18(23)2/h3-12,15H,13-14,16H2,1-2H3,(H,28,30)(H,29,31). The Balaban J connectivity index is 1.38. The Labute approximate surface area is 203 Å². The van der Waals surface area contributed by atoms with Crippen LogP contribution >= 0.6 is 11.6 Å². The molecule has 3 rings (SSSR count). The Morgan fingerprint density at radius 2 is 1.56 bits per heavy atom. The fraction of sp³-hybridized carbons (Fsp3) is 0.192. The third-order valence-corrected chi connectivity index (χ3v) is 5.09. The summed E-state index contributed by atoms with van der Waals surface area (Å²) >= 11 is 5.92. The third-order valence-electron chi connectivity index (χ3n) is 4.85. The van der Waals surface area contributed by atoms with E-state index in [2.05, 4.69) is 10.6 Å². The maximum absolute atomic E-state index is 12.1. The van der Waals surface area contributed by atoms with Crippen molar-refractivity contribution in [3.8, 4) is 11.5 Å². The number of carbonyl (C=O) groups is 3. The SMILES string of the molecule is Cc1ccc(Cl)cc1NC(=O)COC(=O)CCC(=O)Nc1ccc(Oc2ccccc2C)cc1. The Kier molecular flexibility index (Phi) is 8.65. The van der Waals surface area contributed by atoms with Gasteiger partial charge >= 0.3 is 5.97 Å². The molecule has 7 nitrogen and oxygen atoms in total. The maximum Gasteiger partial charge on any atom is 0.306 e. The lowest BCUT2D eigenvalue weighted by atomic mass is 10.2. The van der Waals surface area contributed by atoms with Crippen LogP contribution in [-0.4, -0.2) is 24.4 Å². The van der Waals surface area contributed by atoms with Gasteiger partial charge in [-0.2, -0.15) is 0 Å². The number of halogens is 1. The van der Waals surface area contributed by atoms with Crippen molar-refractivity contribution in [3.05, 3.63) is 82.9 Å². The van der Waals surface area contributed by atoms with Gasteiger partial charge in [0, 0.05) is 22.8 Å². The summed E-state index contributed by atoms with van der Waals surface area (Å²) in [5.74, 6) is -0.0777. The number of anilines is 2. The Morgan fingerprint density at radius 1 is 0.824 bits per heavy atom. The van der Waals surface area contributed by atoms with Crippen LogP contribution in [0.25, 0.3) is 0 Å². The number of nitrogens with one attached hydrogen (secondary N) is 2. The molecule has 0 heterocycles. The highest BCUT2D eigenvalue weighted by Gasteiger charge is 2.12. The van der Waals surface area contributed by atoms with Gasteiger partial charge in [0.2, 0.25) is 5.91 Å². The van der Waals surface area contributed by atoms with E-state index in [1.165, 1.54) is 0 Å². The maximum atomic E-state index is 12.1. The molecule has 0 saturated heterocycles. The molecule has 0 radical (unpaired) electrons. The molecule has 176 valence electrons. The number of carbonyl (C=O) groups excluding carboxylic acids is 3. The first-order valence-corrected chi connectivity index (χ1v) is 11.0. The van der Waals surface area contributed by atoms with E-state index in [1.807, 2.05) is 38.1 Å². The van der Waals surface area contributed by atoms with Crippen LogP contribution in [0, 0.1) is 13.8 Å². The predicted octanol–water partition coefficient (Wildman–Crippen LogP) is 5.65. The molecule has 34 heavy (non-hydrogen) atoms. The number of aryl methyl sites for hydroxylation is 2. The van der Waals surface area contributed by atoms with Gasteiger partial charge in [-0.1, -0.05) is 35.9 Å². The summed E-state index contributed by atoms with van der Waals surface area (Å²) in [6.45, 7) is 3.33. The van der Waals surface area contributed by atoms with E-state index in [-0.39, 0.29) is 18.7 Å². The van der Waals surface area contributed by atoms with Crippen LogP contribution < -0.4 is 15.4 Å². The number of esters is 1. The summed E-state index contributed by atoms with van der Waals surface area (Å²) in [6, 6.07) is 19.7. The van der Waals surface area contributed by atoms with Gasteiger partial charge in [-0.15, -0.1) is 0 Å². The summed E-state index contributed by atoms with van der Waals surface area (Å²) < 4.78 is 10.8. The van der Waals surface area contributed by atoms with Gasteiger partial charge in [0.05, 0.1) is 6.42 Å². The Morgan fingerprint density at radius 3 is 2.29 bits per heavy atom. The largest absolute Gasteiger partial charge is 0.457 e. The van der Waals surface area contributed by atoms with E-state index in [1.54, 1.807) is 42.5 Å². The zero-order valence-corrected chi connectivity index (χ0v) is 19.6. The lowest BCUT2D eigenvalue weighted by molar-refractivity contribution is -0.147. The molecule has 0 spiro atoms. The van der Waals surface area contributed by atoms with Crippen LogP contribution in [0.2, 0.25) is 5.02 Å². The topological polar surface area (TPSA) is 93.7 Å². The molecular weight excluding hydrogens is 456 g/mol. The first-order valence-electron chi connectivity index (χ1n) is 10.6. The summed E-state index contributed by atoms with van der Waals surface area (Å²) in [7, 11) is 0. The molecule has 0 aromatic heterocycles. The van der Waals surface area contributed by atoms with Gasteiger partial charge in [0.15, 0.2) is 6.61 Å². The van der Waals surface area contributed by atoms with Crippen molar-refractivity contribution in [1.82, 2.24) is 0 Å². The molecule has 0 saturated carbocycles. The minimum atomic E-state index is -0.643. The monoisotopic (exact) mass is 480 g/mol. The van der Waals surface area contributed by atoms with Crippen LogP contribution in [0.4, 0.5) is 11.4 Å². The number of amides is 2. The van der Waals surface area contributed by atoms with Crippen molar-refractivity contribution in [3.63, 3.8) is 0 Å². The molecule has 2 amide bonds. The van der Waals surface area contributed by atoms with Gasteiger partial charge < -0.3 is 20.1 Å². The minimum Gasteiger partial charge on any atom is -0.457 e. The Bertz CT molecular complexity index is 1180. The van der Waals surface area contributed by atoms with Crippen molar-refractivity contribution in [1.29, 1.82) is 0 Å². The quantitative estimate of drug-likeness (QED) is 0.386. The van der Waals surface area contributed by atoms with Crippen molar-refractivity contribution < 1.29 is 23.9 Å². The zero-order chi connectivity index (χ0) is 24.5. The van der Waals surface area contributed by atoms with Crippen molar-refractivity contribution in [2.24, 2.45) is 0 Å². The molecule has 0 unspecified atom stereocenters. The first kappa shape index (κ1) is 24.8. The second-order valence-electron chi connectivity index (χ2n) is 7.61. The van der Waals surface area contributed by atoms with E-state index in [9.17, 15) is 14.4 Å². The molecule has 0 aliphatic rings. The van der Waals surface area contributed by atoms with Crippen LogP contribution in [0.3, 0.4) is 0 Å². The normalized spacial score (nSPS) is 10.3. The molecular formula is C26H25ClN2O5. The zero-order valence-electron chi connectivity index (χ0n) is 18.9. The van der Waals surface area contributed by atoms with E-state index < -0.39 is 18.5 Å². The lowest BCUT2D eigenvalue weighted by Gasteiger charge is -2.10. The van der Waals surface area contributed by atoms with E-state index in [0.29, 0.717) is 22.1 Å². The first-order chi connectivity index (χ1) is 16.3. The molecule has 0 aliphatic heterocycles. The predicted molar refractivity (Wildman–Crippen MR) is 131 cm³/mol. The lowest BCUT2D eigenvalue weighted by Crippen LogP contribution is -2.22. The molecule has 8 heteroatoms. The highest BCUT2D eigenvalue weighted by Crippen LogP contribution is 2.25. The summed E-state index contributed by atoms with van der Waals surface area (Å²) in [4.78, 5) is 36.0. The number of benzene rings is 3. The summed E-state index contributed by atoms with van der Waals surface area (Å²) in [5.41, 5.74) is 2.97. The third kappa shape index (κ3) is 7.64. The fourth-order valence-electron chi connectivity index (χ4n) is 2.98. The van der Waals surface area contributed by atoms with Gasteiger partial charge in [-0.05, 0) is 67.4 Å². The van der Waals surface area contributed by atoms with Crippen molar-refractivity contribution >= 4 is 40.8 Å². The second-order valence-corrected chi connectivity index (χ2v) is 8.04. The summed E-state index contributed by atoms with van der Waals surface area (Å²) in [5, 5.41) is 5.83. The van der Waals surface area contributed by atoms with Crippen LogP contribution in [0.1, 0.15) is 24.0 Å². The van der Waals surface area contributed by atoms with Gasteiger partial charge in [0.1, 0.15) is 11.5 Å². The molecule has 0 bridgehead atoms. The number of hydrogen-bond donors (Lipinski definition) is 2. The van der Waals surface area contributed by atoms with E-state index in [4.69, 9.17) is 21.1 Å². The van der Waals surface area contributed by atoms with Crippen LogP contribution in [0.15, 0.2) is 66.7 Å². The van der Waals surface area contributed by atoms with Gasteiger partial charge in [-0.25, -0.2) is 0 Å². The van der Waals surface area contributed by atoms with Gasteiger partial charge in [0.25, 0.3) is 5.91 Å². The molecule has 0 atom stereocenters. The number of hydrogen-bond acceptors (Lipinski definition) is 5. The average molecular weight is 481 g/mol. The molecule has 0 aliphatic carbocycles. The van der Waals surface area contributed by atoms with Crippen LogP contribution in [0.5, 0.6) is 11.5 Å². The average Bonchev–Trinajstić information content (AvgIpc) is 2.81. The van der Waals surface area contributed by atoms with Gasteiger partial charge in [-0.3, -0.25) is 14.4 Å². The Hall–Kier alpha value is -3.84.